The van der Waals surface area contributed by atoms with E-state index in [-0.39, 0.29) is 11.6 Å². The summed E-state index contributed by atoms with van der Waals surface area (Å²) in [4.78, 5) is 0. The van der Waals surface area contributed by atoms with Crippen molar-refractivity contribution < 1.29 is 8.42 Å². The summed E-state index contributed by atoms with van der Waals surface area (Å²) in [6.45, 7) is 2.99. The number of nitrogens with zero attached hydrogens (tertiary/aromatic N) is 2. The molecule has 1 aromatic carbocycles. The van der Waals surface area contributed by atoms with E-state index in [9.17, 15) is 8.42 Å². The highest BCUT2D eigenvalue weighted by Gasteiger charge is 2.11. The predicted molar refractivity (Wildman–Crippen MR) is 97.6 cm³/mol. The van der Waals surface area contributed by atoms with Gasteiger partial charge in [-0.05, 0) is 30.5 Å². The highest BCUT2D eigenvalue weighted by Crippen LogP contribution is 2.10. The topological polar surface area (TPSA) is 84.0 Å². The smallest absolute Gasteiger partial charge is 0.234 e. The maximum absolute atomic E-state index is 12.1. The fourth-order valence-electron chi connectivity index (χ4n) is 2.18. The van der Waals surface area contributed by atoms with Crippen LogP contribution in [0.5, 0.6) is 0 Å². The molecular formula is C17H24N4O2S. The Morgan fingerprint density at radius 1 is 0.958 bits per heavy atom. The zero-order chi connectivity index (χ0) is 17.3. The Balaban J connectivity index is 1.83. The zero-order valence-corrected chi connectivity index (χ0v) is 14.7. The van der Waals surface area contributed by atoms with Crippen molar-refractivity contribution in [1.29, 1.82) is 0 Å². The molecule has 6 nitrogen and oxygen atoms in total. The molecule has 0 saturated heterocycles. The molecule has 2 aromatic rings. The highest BCUT2D eigenvalue weighted by atomic mass is 32.2. The number of aromatic nitrogens is 2. The minimum absolute atomic E-state index is 0.00964. The van der Waals surface area contributed by atoms with Gasteiger partial charge in [-0.25, -0.2) is 8.42 Å². The summed E-state index contributed by atoms with van der Waals surface area (Å²) in [7, 11) is -3.44. The molecule has 1 aromatic heterocycles. The molecule has 0 aliphatic heterocycles. The number of hydrogen-bond donors (Lipinski definition) is 2. The van der Waals surface area contributed by atoms with E-state index in [1.54, 1.807) is 12.1 Å². The molecule has 1 heterocycles. The molecule has 130 valence electrons. The van der Waals surface area contributed by atoms with Crippen LogP contribution in [0.4, 0.5) is 11.6 Å². The van der Waals surface area contributed by atoms with Gasteiger partial charge in [-0.3, -0.25) is 4.72 Å². The first kappa shape index (κ1) is 18.2. The highest BCUT2D eigenvalue weighted by molar-refractivity contribution is 7.92. The van der Waals surface area contributed by atoms with Crippen molar-refractivity contribution in [2.45, 2.75) is 32.6 Å². The molecule has 2 N–H and O–H groups in total. The van der Waals surface area contributed by atoms with E-state index in [1.165, 1.54) is 6.42 Å². The van der Waals surface area contributed by atoms with E-state index < -0.39 is 10.0 Å². The molecule has 24 heavy (non-hydrogen) atoms. The predicted octanol–water partition coefficient (Wildman–Crippen LogP) is 3.06. The molecule has 0 fully saturated rings. The van der Waals surface area contributed by atoms with Crippen molar-refractivity contribution in [3.8, 4) is 0 Å². The van der Waals surface area contributed by atoms with Crippen molar-refractivity contribution in [3.63, 3.8) is 0 Å². The third-order valence-electron chi connectivity index (χ3n) is 3.51. The molecule has 0 bridgehead atoms. The standard InChI is InChI=1S/C17H24N4O2S/c1-2-3-7-13-18-16-10-11-17(20-19-16)21-24(22,23)14-12-15-8-5-4-6-9-15/h4-6,8-11H,2-3,7,12-14H2,1H3,(H,18,19)(H,20,21). The summed E-state index contributed by atoms with van der Waals surface area (Å²) < 4.78 is 26.7. The van der Waals surface area contributed by atoms with Gasteiger partial charge in [0.25, 0.3) is 0 Å². The third-order valence-corrected chi connectivity index (χ3v) is 4.78. The molecule has 0 saturated carbocycles. The summed E-state index contributed by atoms with van der Waals surface area (Å²) in [6.07, 6.45) is 3.86. The summed E-state index contributed by atoms with van der Waals surface area (Å²) in [5, 5.41) is 11.1. The fraction of sp³-hybridized carbons (Fsp3) is 0.412. The number of rotatable bonds is 10. The fourth-order valence-corrected chi connectivity index (χ4v) is 3.21. The third kappa shape index (κ3) is 6.54. The average Bonchev–Trinajstić information content (AvgIpc) is 2.59. The van der Waals surface area contributed by atoms with Crippen molar-refractivity contribution in [3.05, 3.63) is 48.0 Å². The van der Waals surface area contributed by atoms with Crippen LogP contribution in [0.25, 0.3) is 0 Å². The van der Waals surface area contributed by atoms with Crippen LogP contribution in [0.15, 0.2) is 42.5 Å². The van der Waals surface area contributed by atoms with Crippen molar-refractivity contribution in [2.24, 2.45) is 0 Å². The average molecular weight is 348 g/mol. The van der Waals surface area contributed by atoms with Crippen molar-refractivity contribution in [2.75, 3.05) is 22.3 Å². The van der Waals surface area contributed by atoms with Gasteiger partial charge in [0.1, 0.15) is 5.82 Å². The van der Waals surface area contributed by atoms with Crippen LogP contribution in [0.2, 0.25) is 0 Å². The van der Waals surface area contributed by atoms with Gasteiger partial charge in [0, 0.05) is 6.54 Å². The molecule has 0 aliphatic carbocycles. The first-order valence-corrected chi connectivity index (χ1v) is 9.86. The van der Waals surface area contributed by atoms with E-state index in [1.807, 2.05) is 30.3 Å². The van der Waals surface area contributed by atoms with Gasteiger partial charge in [0.15, 0.2) is 5.82 Å². The van der Waals surface area contributed by atoms with Gasteiger partial charge in [0.05, 0.1) is 5.75 Å². The lowest BCUT2D eigenvalue weighted by Gasteiger charge is -2.08. The Bertz CT molecular complexity index is 703. The number of sulfonamides is 1. The Morgan fingerprint density at radius 3 is 2.33 bits per heavy atom. The number of aryl methyl sites for hydroxylation is 1. The molecule has 2 rings (SSSR count). The number of nitrogens with one attached hydrogen (secondary N) is 2. The van der Waals surface area contributed by atoms with Gasteiger partial charge in [-0.15, -0.1) is 10.2 Å². The lowest BCUT2D eigenvalue weighted by molar-refractivity contribution is 0.600. The molecule has 0 atom stereocenters. The van der Waals surface area contributed by atoms with E-state index in [4.69, 9.17) is 0 Å². The molecular weight excluding hydrogens is 324 g/mol. The monoisotopic (exact) mass is 348 g/mol. The Morgan fingerprint density at radius 2 is 1.67 bits per heavy atom. The Labute approximate surface area is 143 Å². The first-order valence-electron chi connectivity index (χ1n) is 8.21. The molecule has 0 amide bonds. The van der Waals surface area contributed by atoms with Crippen LogP contribution < -0.4 is 10.0 Å². The lowest BCUT2D eigenvalue weighted by Crippen LogP contribution is -2.19. The van der Waals surface area contributed by atoms with E-state index in [0.717, 1.165) is 24.9 Å². The summed E-state index contributed by atoms with van der Waals surface area (Å²) in [5.74, 6) is 0.899. The molecule has 0 radical (unpaired) electrons. The second-order valence-electron chi connectivity index (χ2n) is 5.59. The number of anilines is 2. The van der Waals surface area contributed by atoms with Gasteiger partial charge in [0.2, 0.25) is 10.0 Å². The maximum atomic E-state index is 12.1. The van der Waals surface area contributed by atoms with Crippen LogP contribution in [0.3, 0.4) is 0 Å². The Hall–Kier alpha value is -2.15. The van der Waals surface area contributed by atoms with E-state index in [0.29, 0.717) is 12.2 Å². The van der Waals surface area contributed by atoms with Gasteiger partial charge >= 0.3 is 0 Å². The van der Waals surface area contributed by atoms with E-state index in [2.05, 4.69) is 27.2 Å². The second kappa shape index (κ2) is 9.22. The van der Waals surface area contributed by atoms with E-state index >= 15 is 0 Å². The summed E-state index contributed by atoms with van der Waals surface area (Å²) in [5.41, 5.74) is 0.987. The molecule has 0 spiro atoms. The number of hydrogen-bond acceptors (Lipinski definition) is 5. The SMILES string of the molecule is CCCCCNc1ccc(NS(=O)(=O)CCc2ccccc2)nn1. The number of benzene rings is 1. The van der Waals surface area contributed by atoms with Crippen molar-refractivity contribution >= 4 is 21.7 Å². The minimum Gasteiger partial charge on any atom is -0.369 e. The summed E-state index contributed by atoms with van der Waals surface area (Å²) >= 11 is 0. The lowest BCUT2D eigenvalue weighted by atomic mass is 10.2. The summed E-state index contributed by atoms with van der Waals surface area (Å²) in [6, 6.07) is 12.9. The van der Waals surface area contributed by atoms with Crippen LogP contribution in [0.1, 0.15) is 31.7 Å². The first-order chi connectivity index (χ1) is 11.6. The molecule has 7 heteroatoms. The van der Waals surface area contributed by atoms with Crippen LogP contribution in [-0.2, 0) is 16.4 Å². The van der Waals surface area contributed by atoms with Crippen LogP contribution in [-0.4, -0.2) is 30.9 Å². The van der Waals surface area contributed by atoms with Gasteiger partial charge in [-0.2, -0.15) is 0 Å². The van der Waals surface area contributed by atoms with Gasteiger partial charge in [-0.1, -0.05) is 50.1 Å². The minimum atomic E-state index is -3.44. The molecule has 0 aliphatic rings. The second-order valence-corrected chi connectivity index (χ2v) is 7.44. The molecule has 0 unspecified atom stereocenters. The van der Waals surface area contributed by atoms with Gasteiger partial charge < -0.3 is 5.32 Å². The van der Waals surface area contributed by atoms with Crippen LogP contribution in [0, 0.1) is 0 Å². The number of unbranched alkanes of at least 4 members (excludes halogenated alkanes) is 2. The quantitative estimate of drug-likeness (QED) is 0.645. The van der Waals surface area contributed by atoms with Crippen LogP contribution >= 0.6 is 0 Å². The normalized spacial score (nSPS) is 11.2. The van der Waals surface area contributed by atoms with Crippen molar-refractivity contribution in [1.82, 2.24) is 10.2 Å². The Kier molecular flexibility index (Phi) is 6.99. The maximum Gasteiger partial charge on any atom is 0.234 e. The largest absolute Gasteiger partial charge is 0.369 e. The zero-order valence-electron chi connectivity index (χ0n) is 13.9.